The maximum Gasteiger partial charge on any atom is 0.303 e. The molecule has 0 bridgehead atoms. The third kappa shape index (κ3) is 6.75. The van der Waals surface area contributed by atoms with Gasteiger partial charge in [-0.2, -0.15) is 0 Å². The number of anilines is 1. The highest BCUT2D eigenvalue weighted by Crippen LogP contribution is 2.33. The summed E-state index contributed by atoms with van der Waals surface area (Å²) in [6.45, 7) is 5.45. The number of piperidine rings is 2. The standard InChI is InChI=1S/C30H34Cl2N6O3/c1-36-17-22-18-38(7-4-27(22)36)30-33-14-25(15-34-30)41-28-9-20(16-37-5-2-19(3-6-37)10-29(39)40)8-26(35-28)21-11-23(31)13-24(32)12-21/h8-9,11-15,19,22,27H,2-7,10,16-18H2,1H3,(H,39,40). The number of rotatable bonds is 8. The molecule has 41 heavy (non-hydrogen) atoms. The molecular weight excluding hydrogens is 563 g/mol. The lowest BCUT2D eigenvalue weighted by molar-refractivity contribution is -0.138. The summed E-state index contributed by atoms with van der Waals surface area (Å²) >= 11 is 12.6. The minimum atomic E-state index is -0.725. The highest BCUT2D eigenvalue weighted by molar-refractivity contribution is 6.35. The Morgan fingerprint density at radius 3 is 2.39 bits per heavy atom. The first-order valence-corrected chi connectivity index (χ1v) is 14.9. The lowest BCUT2D eigenvalue weighted by Gasteiger charge is -2.51. The molecule has 6 rings (SSSR count). The van der Waals surface area contributed by atoms with Gasteiger partial charge in [-0.15, -0.1) is 0 Å². The van der Waals surface area contributed by atoms with Gasteiger partial charge in [0, 0.05) is 66.2 Å². The van der Waals surface area contributed by atoms with Crippen LogP contribution in [0.4, 0.5) is 5.95 Å². The number of halogens is 2. The molecule has 3 aliphatic heterocycles. The molecule has 11 heteroatoms. The van der Waals surface area contributed by atoms with E-state index in [-0.39, 0.29) is 12.3 Å². The highest BCUT2D eigenvalue weighted by atomic mass is 35.5. The van der Waals surface area contributed by atoms with Crippen LogP contribution in [0.1, 0.15) is 31.2 Å². The molecule has 3 saturated heterocycles. The minimum Gasteiger partial charge on any atom is -0.481 e. The molecule has 2 unspecified atom stereocenters. The SMILES string of the molecule is CN1CC2CN(c3ncc(Oc4cc(CN5CCC(CC(=O)O)CC5)cc(-c5cc(Cl)cc(Cl)c5)n4)cn3)CCC21. The summed E-state index contributed by atoms with van der Waals surface area (Å²) in [5, 5.41) is 10.2. The lowest BCUT2D eigenvalue weighted by Crippen LogP contribution is -2.62. The summed E-state index contributed by atoms with van der Waals surface area (Å²) < 4.78 is 6.19. The van der Waals surface area contributed by atoms with E-state index in [0.29, 0.717) is 45.9 Å². The average molecular weight is 598 g/mol. The Labute approximate surface area is 250 Å². The quantitative estimate of drug-likeness (QED) is 0.363. The molecule has 3 aromatic rings. The summed E-state index contributed by atoms with van der Waals surface area (Å²) in [7, 11) is 2.19. The molecule has 5 heterocycles. The zero-order chi connectivity index (χ0) is 28.5. The second kappa shape index (κ2) is 12.1. The average Bonchev–Trinajstić information content (AvgIpc) is 2.93. The molecule has 216 valence electrons. The molecule has 0 aliphatic carbocycles. The van der Waals surface area contributed by atoms with Crippen LogP contribution in [-0.4, -0.2) is 81.6 Å². The predicted molar refractivity (Wildman–Crippen MR) is 159 cm³/mol. The number of hydrogen-bond acceptors (Lipinski definition) is 8. The van der Waals surface area contributed by atoms with Gasteiger partial charge in [-0.3, -0.25) is 9.69 Å². The van der Waals surface area contributed by atoms with Crippen molar-refractivity contribution in [3.8, 4) is 22.9 Å². The van der Waals surface area contributed by atoms with Crippen molar-refractivity contribution in [2.24, 2.45) is 11.8 Å². The zero-order valence-corrected chi connectivity index (χ0v) is 24.6. The van der Waals surface area contributed by atoms with Crippen LogP contribution in [0, 0.1) is 11.8 Å². The van der Waals surface area contributed by atoms with Crippen LogP contribution in [0.2, 0.25) is 10.0 Å². The van der Waals surface area contributed by atoms with Crippen molar-refractivity contribution in [2.75, 3.05) is 44.7 Å². The smallest absolute Gasteiger partial charge is 0.303 e. The Morgan fingerprint density at radius 1 is 1.00 bits per heavy atom. The molecule has 9 nitrogen and oxygen atoms in total. The second-order valence-corrected chi connectivity index (χ2v) is 12.4. The fourth-order valence-electron chi connectivity index (χ4n) is 6.38. The summed E-state index contributed by atoms with van der Waals surface area (Å²) in [5.41, 5.74) is 2.53. The summed E-state index contributed by atoms with van der Waals surface area (Å²) in [6, 6.07) is 10.0. The Kier molecular flexibility index (Phi) is 8.30. The fraction of sp³-hybridized carbons (Fsp3) is 0.467. The van der Waals surface area contributed by atoms with E-state index in [1.54, 1.807) is 18.5 Å². The second-order valence-electron chi connectivity index (χ2n) is 11.5. The Balaban J connectivity index is 1.19. The van der Waals surface area contributed by atoms with E-state index in [1.807, 2.05) is 24.3 Å². The molecule has 3 aliphatic rings. The Morgan fingerprint density at radius 2 is 1.73 bits per heavy atom. The van der Waals surface area contributed by atoms with Crippen molar-refractivity contribution in [1.82, 2.24) is 24.8 Å². The van der Waals surface area contributed by atoms with E-state index in [9.17, 15) is 4.79 Å². The number of benzene rings is 1. The number of nitrogens with zero attached hydrogens (tertiary/aromatic N) is 6. The number of likely N-dealkylation sites (tertiary alicyclic amines) is 2. The number of fused-ring (bicyclic) bond motifs is 1. The van der Waals surface area contributed by atoms with Gasteiger partial charge in [0.25, 0.3) is 0 Å². The molecule has 2 aromatic heterocycles. The van der Waals surface area contributed by atoms with Gasteiger partial charge >= 0.3 is 5.97 Å². The van der Waals surface area contributed by atoms with Crippen LogP contribution in [0.3, 0.4) is 0 Å². The third-order valence-electron chi connectivity index (χ3n) is 8.50. The number of aromatic nitrogens is 3. The van der Waals surface area contributed by atoms with Crippen molar-refractivity contribution < 1.29 is 14.6 Å². The molecule has 0 amide bonds. The molecule has 3 fully saturated rings. The minimum absolute atomic E-state index is 0.230. The molecule has 0 saturated carbocycles. The van der Waals surface area contributed by atoms with Gasteiger partial charge in [-0.05, 0) is 75.1 Å². The van der Waals surface area contributed by atoms with E-state index >= 15 is 0 Å². The predicted octanol–water partition coefficient (Wildman–Crippen LogP) is 5.46. The summed E-state index contributed by atoms with van der Waals surface area (Å²) in [6.07, 6.45) is 6.52. The number of carboxylic acid groups (broad SMARTS) is 1. The van der Waals surface area contributed by atoms with Crippen LogP contribution in [0.25, 0.3) is 11.3 Å². The molecular formula is C30H34Cl2N6O3. The largest absolute Gasteiger partial charge is 0.481 e. The van der Waals surface area contributed by atoms with Crippen molar-refractivity contribution in [3.05, 3.63) is 58.3 Å². The van der Waals surface area contributed by atoms with E-state index in [2.05, 4.69) is 31.7 Å². The van der Waals surface area contributed by atoms with Gasteiger partial charge in [0.2, 0.25) is 11.8 Å². The molecule has 0 spiro atoms. The number of carboxylic acids is 1. The molecule has 2 atom stereocenters. The number of carbonyl (C=O) groups is 1. The molecule has 1 aromatic carbocycles. The first-order chi connectivity index (χ1) is 19.8. The van der Waals surface area contributed by atoms with Gasteiger partial charge in [-0.1, -0.05) is 23.2 Å². The van der Waals surface area contributed by atoms with Crippen molar-refractivity contribution >= 4 is 35.1 Å². The van der Waals surface area contributed by atoms with Crippen LogP contribution < -0.4 is 9.64 Å². The Bertz CT molecular complexity index is 1380. The number of hydrogen-bond donors (Lipinski definition) is 1. The molecule has 0 radical (unpaired) electrons. The van der Waals surface area contributed by atoms with Crippen molar-refractivity contribution in [2.45, 2.75) is 38.3 Å². The maximum absolute atomic E-state index is 11.1. The van der Waals surface area contributed by atoms with E-state index in [4.69, 9.17) is 38.0 Å². The van der Waals surface area contributed by atoms with Gasteiger partial charge in [0.15, 0.2) is 5.75 Å². The molecule has 1 N–H and O–H groups in total. The van der Waals surface area contributed by atoms with Crippen LogP contribution in [0.5, 0.6) is 11.6 Å². The van der Waals surface area contributed by atoms with Crippen molar-refractivity contribution in [1.29, 1.82) is 0 Å². The van der Waals surface area contributed by atoms with Gasteiger partial charge < -0.3 is 19.6 Å². The zero-order valence-electron chi connectivity index (χ0n) is 23.0. The van der Waals surface area contributed by atoms with E-state index < -0.39 is 5.97 Å². The van der Waals surface area contributed by atoms with Crippen molar-refractivity contribution in [3.63, 3.8) is 0 Å². The maximum atomic E-state index is 11.1. The summed E-state index contributed by atoms with van der Waals surface area (Å²) in [5.74, 6) is 1.87. The lowest BCUT2D eigenvalue weighted by atomic mass is 9.83. The van der Waals surface area contributed by atoms with Crippen LogP contribution >= 0.6 is 23.2 Å². The number of ether oxygens (including phenoxy) is 1. The van der Waals surface area contributed by atoms with Crippen LogP contribution in [0.15, 0.2) is 42.7 Å². The van der Waals surface area contributed by atoms with Gasteiger partial charge in [0.1, 0.15) is 0 Å². The topological polar surface area (TPSA) is 94.9 Å². The first kappa shape index (κ1) is 28.2. The van der Waals surface area contributed by atoms with Gasteiger partial charge in [-0.25, -0.2) is 15.0 Å². The summed E-state index contributed by atoms with van der Waals surface area (Å²) in [4.78, 5) is 32.1. The number of pyridine rings is 1. The third-order valence-corrected chi connectivity index (χ3v) is 8.94. The van der Waals surface area contributed by atoms with Crippen LogP contribution in [-0.2, 0) is 11.3 Å². The highest BCUT2D eigenvalue weighted by Gasteiger charge is 2.40. The first-order valence-electron chi connectivity index (χ1n) is 14.2. The van der Waals surface area contributed by atoms with Gasteiger partial charge in [0.05, 0.1) is 18.1 Å². The monoisotopic (exact) mass is 596 g/mol. The normalized spacial score (nSPS) is 21.8. The number of aliphatic carboxylic acids is 1. The Hall–Kier alpha value is -2.98. The van der Waals surface area contributed by atoms with E-state index in [0.717, 1.165) is 69.1 Å². The fourth-order valence-corrected chi connectivity index (χ4v) is 6.91. The van der Waals surface area contributed by atoms with E-state index in [1.165, 1.54) is 0 Å².